The summed E-state index contributed by atoms with van der Waals surface area (Å²) in [6.07, 6.45) is -1.51. The lowest BCUT2D eigenvalue weighted by Crippen LogP contribution is -2.43. The number of halogens is 2. The van der Waals surface area contributed by atoms with Crippen molar-refractivity contribution in [1.29, 1.82) is 0 Å². The van der Waals surface area contributed by atoms with Crippen molar-refractivity contribution < 1.29 is 23.1 Å². The predicted octanol–water partition coefficient (Wildman–Crippen LogP) is 3.63. The molecule has 2 aromatic carbocycles. The molecule has 0 radical (unpaired) electrons. The number of rotatable bonds is 5. The van der Waals surface area contributed by atoms with Crippen molar-refractivity contribution in [2.24, 2.45) is 5.84 Å². The van der Waals surface area contributed by atoms with Crippen LogP contribution in [0.1, 0.15) is 24.2 Å². The Morgan fingerprint density at radius 3 is 2.50 bits per heavy atom. The van der Waals surface area contributed by atoms with E-state index in [1.54, 1.807) is 36.6 Å². The van der Waals surface area contributed by atoms with E-state index in [1.807, 2.05) is 5.32 Å². The van der Waals surface area contributed by atoms with E-state index in [9.17, 15) is 18.4 Å². The lowest BCUT2D eigenvalue weighted by atomic mass is 10.1. The van der Waals surface area contributed by atoms with Crippen LogP contribution < -0.4 is 16.6 Å². The number of imide groups is 1. The molecule has 0 saturated heterocycles. The Bertz CT molecular complexity index is 787. The highest BCUT2D eigenvalue weighted by Crippen LogP contribution is 2.26. The van der Waals surface area contributed by atoms with Crippen LogP contribution in [-0.2, 0) is 10.5 Å². The van der Waals surface area contributed by atoms with Gasteiger partial charge in [0.15, 0.2) is 0 Å². The van der Waals surface area contributed by atoms with Crippen LogP contribution in [0.2, 0.25) is 0 Å². The third kappa shape index (κ3) is 5.71. The van der Waals surface area contributed by atoms with E-state index in [0.717, 1.165) is 11.0 Å². The maximum atomic E-state index is 13.6. The monoisotopic (exact) mass is 381 g/mol. The number of urea groups is 1. The predicted molar refractivity (Wildman–Crippen MR) is 93.1 cm³/mol. The molecule has 0 aliphatic carbocycles. The zero-order valence-corrected chi connectivity index (χ0v) is 14.6. The number of hydrogen-bond acceptors (Lipinski definition) is 5. The summed E-state index contributed by atoms with van der Waals surface area (Å²) in [7, 11) is 0. The molecule has 0 heterocycles. The largest absolute Gasteiger partial charge is 0.441 e. The zero-order valence-electron chi connectivity index (χ0n) is 13.8. The average molecular weight is 381 g/mol. The topological polar surface area (TPSA) is 93.4 Å². The molecule has 0 spiro atoms. The van der Waals surface area contributed by atoms with Gasteiger partial charge in [0.05, 0.1) is 0 Å². The second-order valence-corrected chi connectivity index (χ2v) is 6.29. The van der Waals surface area contributed by atoms with Crippen LogP contribution in [0, 0.1) is 11.6 Å². The van der Waals surface area contributed by atoms with Crippen LogP contribution in [0.25, 0.3) is 0 Å². The number of ether oxygens (including phenoxy) is 1. The van der Waals surface area contributed by atoms with E-state index < -0.39 is 29.9 Å². The molecule has 2 aromatic rings. The van der Waals surface area contributed by atoms with Crippen molar-refractivity contribution in [3.8, 4) is 0 Å². The summed E-state index contributed by atoms with van der Waals surface area (Å²) in [5.41, 5.74) is 2.87. The van der Waals surface area contributed by atoms with Crippen LogP contribution in [0.15, 0.2) is 47.4 Å². The summed E-state index contributed by atoms with van der Waals surface area (Å²) in [5.74, 6) is 4.02. The van der Waals surface area contributed by atoms with E-state index in [0.29, 0.717) is 16.9 Å². The number of hydrogen-bond donors (Lipinski definition) is 3. The van der Waals surface area contributed by atoms with E-state index in [2.05, 4.69) is 0 Å². The first-order chi connectivity index (χ1) is 12.4. The summed E-state index contributed by atoms with van der Waals surface area (Å²) in [6.45, 7) is 1.65. The molecule has 6 nitrogen and oxygen atoms in total. The Hall–Kier alpha value is -2.65. The van der Waals surface area contributed by atoms with Crippen LogP contribution in [0.5, 0.6) is 0 Å². The molecule has 0 aliphatic heterocycles. The van der Waals surface area contributed by atoms with Gasteiger partial charge in [-0.05, 0) is 36.2 Å². The van der Waals surface area contributed by atoms with Gasteiger partial charge in [0.2, 0.25) is 0 Å². The fourth-order valence-corrected chi connectivity index (χ4v) is 2.91. The Kier molecular flexibility index (Phi) is 6.93. The maximum absolute atomic E-state index is 13.6. The number of benzene rings is 2. The van der Waals surface area contributed by atoms with Gasteiger partial charge >= 0.3 is 12.1 Å². The molecule has 9 heteroatoms. The van der Waals surface area contributed by atoms with Gasteiger partial charge in [0.1, 0.15) is 17.7 Å². The summed E-state index contributed by atoms with van der Waals surface area (Å²) in [6, 6.07) is 9.72. The summed E-state index contributed by atoms with van der Waals surface area (Å²) < 4.78 is 31.6. The minimum Gasteiger partial charge on any atom is -0.441 e. The van der Waals surface area contributed by atoms with Crippen molar-refractivity contribution in [3.05, 3.63) is 65.2 Å². The van der Waals surface area contributed by atoms with Gasteiger partial charge in [0.25, 0.3) is 0 Å². The molecular weight excluding hydrogens is 364 g/mol. The highest BCUT2D eigenvalue weighted by atomic mass is 32.2. The number of amides is 3. The Labute approximate surface area is 153 Å². The minimum atomic E-state index is -0.925. The van der Waals surface area contributed by atoms with Crippen molar-refractivity contribution in [2.45, 2.75) is 23.7 Å². The number of thioether (sulfide) groups is 1. The Morgan fingerprint density at radius 1 is 1.19 bits per heavy atom. The summed E-state index contributed by atoms with van der Waals surface area (Å²) >= 11 is 1.39. The second kappa shape index (κ2) is 9.16. The zero-order chi connectivity index (χ0) is 19.1. The molecule has 1 unspecified atom stereocenters. The van der Waals surface area contributed by atoms with Crippen molar-refractivity contribution >= 4 is 23.9 Å². The molecule has 2 rings (SSSR count). The fourth-order valence-electron chi connectivity index (χ4n) is 2.02. The minimum absolute atomic E-state index is 0.355. The lowest BCUT2D eigenvalue weighted by molar-refractivity contribution is 0.109. The Morgan fingerprint density at radius 2 is 1.88 bits per heavy atom. The lowest BCUT2D eigenvalue weighted by Gasteiger charge is -2.14. The second-order valence-electron chi connectivity index (χ2n) is 5.24. The molecule has 3 amide bonds. The van der Waals surface area contributed by atoms with Crippen LogP contribution in [0.3, 0.4) is 0 Å². The quantitative estimate of drug-likeness (QED) is 0.318. The van der Waals surface area contributed by atoms with E-state index in [4.69, 9.17) is 10.6 Å². The molecule has 26 heavy (non-hydrogen) atoms. The molecule has 1 atom stereocenters. The highest BCUT2D eigenvalue weighted by molar-refractivity contribution is 7.98. The van der Waals surface area contributed by atoms with Crippen LogP contribution in [0.4, 0.5) is 18.4 Å². The van der Waals surface area contributed by atoms with Crippen molar-refractivity contribution in [3.63, 3.8) is 0 Å². The molecule has 0 aliphatic rings. The van der Waals surface area contributed by atoms with Crippen molar-refractivity contribution in [1.82, 2.24) is 10.7 Å². The number of alkyl carbamates (subject to hydrolysis) is 1. The summed E-state index contributed by atoms with van der Waals surface area (Å²) in [4.78, 5) is 23.3. The van der Waals surface area contributed by atoms with Gasteiger partial charge in [-0.2, -0.15) is 0 Å². The van der Waals surface area contributed by atoms with Gasteiger partial charge in [-0.15, -0.1) is 11.8 Å². The fraction of sp³-hybridized carbons (Fsp3) is 0.176. The van der Waals surface area contributed by atoms with Crippen LogP contribution in [-0.4, -0.2) is 12.1 Å². The number of nitrogens with one attached hydrogen (secondary N) is 2. The number of nitrogens with two attached hydrogens (primary N) is 1. The average Bonchev–Trinajstić information content (AvgIpc) is 2.61. The molecule has 0 saturated carbocycles. The van der Waals surface area contributed by atoms with Gasteiger partial charge in [-0.25, -0.2) is 29.5 Å². The van der Waals surface area contributed by atoms with Crippen LogP contribution >= 0.6 is 11.8 Å². The number of carbonyl (C=O) groups excluding carboxylic acids is 2. The number of hydrazine groups is 1. The highest BCUT2D eigenvalue weighted by Gasteiger charge is 2.14. The third-order valence-electron chi connectivity index (χ3n) is 3.39. The molecule has 4 N–H and O–H groups in total. The standard InChI is InChI=1S/C17H17F2N3O3S/c1-10(25-17(24)21-16(23)22-20)11-3-6-14(7-4-11)26-9-12-2-5-13(18)8-15(12)19/h2-8,10H,9,20H2,1H3,(H2,21,22,23,24). The first-order valence-corrected chi connectivity index (χ1v) is 8.52. The van der Waals surface area contributed by atoms with Gasteiger partial charge in [-0.3, -0.25) is 5.43 Å². The van der Waals surface area contributed by atoms with Gasteiger partial charge in [0, 0.05) is 16.7 Å². The van der Waals surface area contributed by atoms with E-state index >= 15 is 0 Å². The first-order valence-electron chi connectivity index (χ1n) is 7.54. The molecule has 0 fully saturated rings. The summed E-state index contributed by atoms with van der Waals surface area (Å²) in [5, 5.41) is 1.89. The van der Waals surface area contributed by atoms with Gasteiger partial charge in [-0.1, -0.05) is 18.2 Å². The van der Waals surface area contributed by atoms with Crippen molar-refractivity contribution in [2.75, 3.05) is 0 Å². The maximum Gasteiger partial charge on any atom is 0.415 e. The van der Waals surface area contributed by atoms with E-state index in [-0.39, 0.29) is 0 Å². The van der Waals surface area contributed by atoms with E-state index in [1.165, 1.54) is 23.9 Å². The molecule has 0 bridgehead atoms. The smallest absolute Gasteiger partial charge is 0.415 e. The SMILES string of the molecule is CC(OC(=O)NC(=O)NN)c1ccc(SCc2ccc(F)cc2F)cc1. The third-order valence-corrected chi connectivity index (χ3v) is 4.45. The first kappa shape index (κ1) is 19.7. The molecule has 0 aromatic heterocycles. The molecular formula is C17H17F2N3O3S. The van der Waals surface area contributed by atoms with Gasteiger partial charge < -0.3 is 4.74 Å². The normalized spacial score (nSPS) is 11.5. The molecule has 138 valence electrons. The number of carbonyl (C=O) groups is 2. The Balaban J connectivity index is 1.90.